The van der Waals surface area contributed by atoms with Gasteiger partial charge in [0.25, 0.3) is 0 Å². The molecule has 0 aromatic heterocycles. The monoisotopic (exact) mass is 197 g/mol. The highest BCUT2D eigenvalue weighted by molar-refractivity contribution is 4.20. The van der Waals surface area contributed by atoms with Crippen molar-refractivity contribution in [2.75, 3.05) is 21.1 Å². The summed E-state index contributed by atoms with van der Waals surface area (Å²) < 4.78 is 0. The molecule has 0 bridgehead atoms. The third-order valence-corrected chi connectivity index (χ3v) is 0. The van der Waals surface area contributed by atoms with Crippen LogP contribution in [0.25, 0.3) is 0 Å². The maximum absolute atomic E-state index is 2.17. The molecule has 92 valence electrons. The molecule has 0 aromatic rings. The maximum atomic E-state index is 2.17. The standard InChI is InChI=1S/C4H10.C3H9N.5CH4/c2*1-4(2)3;;;;;/h4H,1-3H3;1-3H3;5*1H4. The molecular formula is C12H39N. The fraction of sp³-hybridized carbons (Fsp3) is 1.00. The zero-order valence-electron chi connectivity index (χ0n) is 7.02. The van der Waals surface area contributed by atoms with Crippen LogP contribution in [0.5, 0.6) is 0 Å². The summed E-state index contributed by atoms with van der Waals surface area (Å²) in [6.45, 7) is 6.50. The van der Waals surface area contributed by atoms with Crippen LogP contribution >= 0.6 is 0 Å². The van der Waals surface area contributed by atoms with Crippen molar-refractivity contribution in [1.29, 1.82) is 0 Å². The predicted octanol–water partition coefficient (Wildman–Crippen LogP) is 5.02. The maximum Gasteiger partial charge on any atom is -0.0140 e. The molecule has 0 aromatic carbocycles. The number of hydrogen-bond acceptors (Lipinski definition) is 1. The van der Waals surface area contributed by atoms with Gasteiger partial charge in [-0.3, -0.25) is 0 Å². The van der Waals surface area contributed by atoms with E-state index in [2.05, 4.69) is 20.8 Å². The Morgan fingerprint density at radius 1 is 0.615 bits per heavy atom. The molecule has 0 aliphatic rings. The Balaban J connectivity index is -0.00000000800. The molecule has 1 nitrogen and oxygen atoms in total. The lowest BCUT2D eigenvalue weighted by molar-refractivity contribution is 0.505. The first-order valence-corrected chi connectivity index (χ1v) is 3.07. The fourth-order valence-corrected chi connectivity index (χ4v) is 0. The first kappa shape index (κ1) is 52.2. The van der Waals surface area contributed by atoms with Crippen LogP contribution in [0.1, 0.15) is 57.9 Å². The molecule has 0 rings (SSSR count). The van der Waals surface area contributed by atoms with Crippen LogP contribution in [0.4, 0.5) is 0 Å². The molecule has 0 spiro atoms. The van der Waals surface area contributed by atoms with E-state index >= 15 is 0 Å². The Labute approximate surface area is 90.5 Å². The van der Waals surface area contributed by atoms with Gasteiger partial charge in [0.05, 0.1) is 0 Å². The lowest BCUT2D eigenvalue weighted by atomic mass is 10.3. The van der Waals surface area contributed by atoms with Crippen molar-refractivity contribution in [3.8, 4) is 0 Å². The van der Waals surface area contributed by atoms with Gasteiger partial charge in [0, 0.05) is 0 Å². The number of rotatable bonds is 0. The van der Waals surface area contributed by atoms with E-state index in [4.69, 9.17) is 0 Å². The molecule has 0 amide bonds. The van der Waals surface area contributed by atoms with Gasteiger partial charge in [0.15, 0.2) is 0 Å². The number of hydrogen-bond donors (Lipinski definition) is 0. The zero-order chi connectivity index (χ0) is 7.15. The molecular weight excluding hydrogens is 158 g/mol. The molecule has 0 radical (unpaired) electrons. The van der Waals surface area contributed by atoms with Crippen LogP contribution < -0.4 is 0 Å². The summed E-state index contributed by atoms with van der Waals surface area (Å²) in [4.78, 5) is 2.00. The SMILES string of the molecule is C.C.C.C.C.CC(C)C.CN(C)C. The highest BCUT2D eigenvalue weighted by Crippen LogP contribution is 1.81. The van der Waals surface area contributed by atoms with E-state index in [9.17, 15) is 0 Å². The second-order valence-corrected chi connectivity index (χ2v) is 3.07. The fourth-order valence-electron chi connectivity index (χ4n) is 0. The quantitative estimate of drug-likeness (QED) is 0.527. The smallest absolute Gasteiger partial charge is 0.0140 e. The first-order chi connectivity index (χ1) is 3.46. The minimum atomic E-state index is 0. The summed E-state index contributed by atoms with van der Waals surface area (Å²) in [5.41, 5.74) is 0. The van der Waals surface area contributed by atoms with Crippen molar-refractivity contribution in [3.05, 3.63) is 0 Å². The molecule has 0 N–H and O–H groups in total. The van der Waals surface area contributed by atoms with Crippen LogP contribution in [0, 0.1) is 5.92 Å². The average Bonchev–Trinajstić information content (AvgIpc) is 1.25. The second kappa shape index (κ2) is 40.4. The van der Waals surface area contributed by atoms with E-state index in [0.29, 0.717) is 0 Å². The van der Waals surface area contributed by atoms with E-state index in [-0.39, 0.29) is 37.1 Å². The van der Waals surface area contributed by atoms with Crippen LogP contribution in [0.2, 0.25) is 0 Å². The van der Waals surface area contributed by atoms with E-state index in [1.807, 2.05) is 26.0 Å². The van der Waals surface area contributed by atoms with E-state index < -0.39 is 0 Å². The summed E-state index contributed by atoms with van der Waals surface area (Å²) in [7, 11) is 6.00. The van der Waals surface area contributed by atoms with Crippen LogP contribution in [-0.2, 0) is 0 Å². The largest absolute Gasteiger partial charge is 0.312 e. The zero-order valence-corrected chi connectivity index (χ0v) is 7.02. The molecule has 0 unspecified atom stereocenters. The van der Waals surface area contributed by atoms with Crippen LogP contribution in [0.15, 0.2) is 0 Å². The van der Waals surface area contributed by atoms with Crippen molar-refractivity contribution in [1.82, 2.24) is 4.90 Å². The molecule has 13 heavy (non-hydrogen) atoms. The van der Waals surface area contributed by atoms with E-state index in [1.54, 1.807) is 0 Å². The van der Waals surface area contributed by atoms with Gasteiger partial charge in [0.2, 0.25) is 0 Å². The van der Waals surface area contributed by atoms with Crippen molar-refractivity contribution in [3.63, 3.8) is 0 Å². The Bertz CT molecular complexity index is 20.6. The predicted molar refractivity (Wildman–Crippen MR) is 73.8 cm³/mol. The van der Waals surface area contributed by atoms with Gasteiger partial charge in [0.1, 0.15) is 0 Å². The Morgan fingerprint density at radius 3 is 0.615 bits per heavy atom. The molecule has 0 saturated heterocycles. The minimum Gasteiger partial charge on any atom is -0.312 e. The average molecular weight is 197 g/mol. The lowest BCUT2D eigenvalue weighted by Crippen LogP contribution is -1.99. The molecule has 0 aliphatic heterocycles. The topological polar surface area (TPSA) is 3.24 Å². The van der Waals surface area contributed by atoms with Crippen molar-refractivity contribution >= 4 is 0 Å². The van der Waals surface area contributed by atoms with Crippen LogP contribution in [-0.4, -0.2) is 26.0 Å². The second-order valence-electron chi connectivity index (χ2n) is 3.07. The Kier molecular flexibility index (Phi) is 162. The molecule has 0 heterocycles. The third kappa shape index (κ3) is 742000. The van der Waals surface area contributed by atoms with Crippen molar-refractivity contribution < 1.29 is 0 Å². The summed E-state index contributed by atoms with van der Waals surface area (Å²) in [6.07, 6.45) is 0. The molecule has 0 aliphatic carbocycles. The van der Waals surface area contributed by atoms with Crippen molar-refractivity contribution in [2.45, 2.75) is 57.9 Å². The van der Waals surface area contributed by atoms with Gasteiger partial charge < -0.3 is 4.90 Å². The Morgan fingerprint density at radius 2 is 0.615 bits per heavy atom. The van der Waals surface area contributed by atoms with Gasteiger partial charge in [-0.1, -0.05) is 57.9 Å². The molecule has 0 saturated carbocycles. The van der Waals surface area contributed by atoms with E-state index in [0.717, 1.165) is 5.92 Å². The molecule has 1 heteroatoms. The minimum absolute atomic E-state index is 0. The van der Waals surface area contributed by atoms with Gasteiger partial charge in [-0.2, -0.15) is 0 Å². The van der Waals surface area contributed by atoms with E-state index in [1.165, 1.54) is 0 Å². The van der Waals surface area contributed by atoms with Gasteiger partial charge in [-0.05, 0) is 27.1 Å². The summed E-state index contributed by atoms with van der Waals surface area (Å²) in [5.74, 6) is 0.833. The lowest BCUT2D eigenvalue weighted by Gasteiger charge is -1.90. The summed E-state index contributed by atoms with van der Waals surface area (Å²) in [6, 6.07) is 0. The highest BCUT2D eigenvalue weighted by Gasteiger charge is 1.68. The summed E-state index contributed by atoms with van der Waals surface area (Å²) in [5, 5.41) is 0. The molecule has 0 fully saturated rings. The first-order valence-electron chi connectivity index (χ1n) is 3.07. The summed E-state index contributed by atoms with van der Waals surface area (Å²) >= 11 is 0. The van der Waals surface area contributed by atoms with Gasteiger partial charge in [-0.15, -0.1) is 0 Å². The van der Waals surface area contributed by atoms with Gasteiger partial charge in [-0.25, -0.2) is 0 Å². The normalized spacial score (nSPS) is 5.54. The van der Waals surface area contributed by atoms with Crippen LogP contribution in [0.3, 0.4) is 0 Å². The molecule has 0 atom stereocenters. The van der Waals surface area contributed by atoms with Crippen molar-refractivity contribution in [2.24, 2.45) is 5.92 Å². The third-order valence-electron chi connectivity index (χ3n) is 0. The number of nitrogens with zero attached hydrogens (tertiary/aromatic N) is 1. The van der Waals surface area contributed by atoms with Gasteiger partial charge >= 0.3 is 0 Å². The Hall–Kier alpha value is -0.0400. The highest BCUT2D eigenvalue weighted by atomic mass is 15.0.